The van der Waals surface area contributed by atoms with E-state index >= 15 is 0 Å². The van der Waals surface area contributed by atoms with Crippen LogP contribution in [-0.2, 0) is 17.8 Å². The third kappa shape index (κ3) is 7.90. The molecule has 7 heteroatoms. The number of rotatable bonds is 7. The smallest absolute Gasteiger partial charge is 0.241 e. The van der Waals surface area contributed by atoms with Crippen molar-refractivity contribution in [3.63, 3.8) is 0 Å². The number of benzene rings is 1. The number of carbonyl (C=O) groups excluding carboxylic acids is 1. The summed E-state index contributed by atoms with van der Waals surface area (Å²) < 4.78 is 5.33. The Balaban J connectivity index is 0.00000338. The second-order valence-corrected chi connectivity index (χ2v) is 6.05. The minimum Gasteiger partial charge on any atom is -0.469 e. The lowest BCUT2D eigenvalue weighted by molar-refractivity contribution is -0.127. The Kier molecular flexibility index (Phi) is 9.79. The predicted molar refractivity (Wildman–Crippen MR) is 115 cm³/mol. The van der Waals surface area contributed by atoms with Crippen LogP contribution < -0.4 is 10.6 Å². The van der Waals surface area contributed by atoms with E-state index in [-0.39, 0.29) is 36.4 Å². The lowest BCUT2D eigenvalue weighted by Crippen LogP contribution is -2.43. The highest BCUT2D eigenvalue weighted by Gasteiger charge is 2.06. The van der Waals surface area contributed by atoms with Gasteiger partial charge in [0.15, 0.2) is 5.96 Å². The van der Waals surface area contributed by atoms with Crippen molar-refractivity contribution in [2.45, 2.75) is 19.9 Å². The van der Waals surface area contributed by atoms with Crippen molar-refractivity contribution < 1.29 is 9.21 Å². The Morgan fingerprint density at radius 3 is 2.65 bits per heavy atom. The van der Waals surface area contributed by atoms with Gasteiger partial charge >= 0.3 is 0 Å². The maximum absolute atomic E-state index is 11.8. The maximum atomic E-state index is 11.8. The van der Waals surface area contributed by atoms with Gasteiger partial charge in [0.2, 0.25) is 5.91 Å². The molecule has 0 radical (unpaired) electrons. The Morgan fingerprint density at radius 2 is 2.00 bits per heavy atom. The fourth-order valence-electron chi connectivity index (χ4n) is 2.23. The average molecular weight is 470 g/mol. The van der Waals surface area contributed by atoms with Crippen LogP contribution in [0.15, 0.2) is 52.1 Å². The number of aliphatic imine (C=N–C) groups is 1. The molecule has 2 N–H and O–H groups in total. The highest BCUT2D eigenvalue weighted by atomic mass is 127. The van der Waals surface area contributed by atoms with Crippen LogP contribution in [0.2, 0.25) is 0 Å². The first-order chi connectivity index (χ1) is 12.0. The molecule has 6 nitrogen and oxygen atoms in total. The van der Waals surface area contributed by atoms with Gasteiger partial charge in [0.1, 0.15) is 5.76 Å². The predicted octanol–water partition coefficient (Wildman–Crippen LogP) is 2.57. The molecule has 0 saturated carbocycles. The zero-order valence-electron chi connectivity index (χ0n) is 15.5. The molecule has 0 aliphatic carbocycles. The summed E-state index contributed by atoms with van der Waals surface area (Å²) in [7, 11) is 3.47. The zero-order chi connectivity index (χ0) is 18.1. The molecular weight excluding hydrogens is 443 g/mol. The number of hydrogen-bond donors (Lipinski definition) is 2. The SMILES string of the molecule is Cc1cccc(CN=C(NCCc2ccco2)NCC(=O)N(C)C)c1.I. The molecule has 1 aromatic heterocycles. The van der Waals surface area contributed by atoms with Crippen molar-refractivity contribution in [1.82, 2.24) is 15.5 Å². The molecule has 1 heterocycles. The molecule has 0 aliphatic heterocycles. The highest BCUT2D eigenvalue weighted by Crippen LogP contribution is 2.05. The molecular formula is C19H27IN4O2. The summed E-state index contributed by atoms with van der Waals surface area (Å²) in [4.78, 5) is 17.9. The zero-order valence-corrected chi connectivity index (χ0v) is 17.8. The first-order valence-electron chi connectivity index (χ1n) is 8.35. The van der Waals surface area contributed by atoms with Gasteiger partial charge in [0.05, 0.1) is 19.4 Å². The van der Waals surface area contributed by atoms with Crippen LogP contribution in [0.25, 0.3) is 0 Å². The van der Waals surface area contributed by atoms with E-state index in [2.05, 4.69) is 34.7 Å². The summed E-state index contributed by atoms with van der Waals surface area (Å²) in [5.41, 5.74) is 2.34. The summed E-state index contributed by atoms with van der Waals surface area (Å²) in [5.74, 6) is 1.52. The van der Waals surface area contributed by atoms with Crippen LogP contribution in [0.4, 0.5) is 0 Å². The third-order valence-corrected chi connectivity index (χ3v) is 3.65. The van der Waals surface area contributed by atoms with E-state index < -0.39 is 0 Å². The molecule has 26 heavy (non-hydrogen) atoms. The molecule has 2 rings (SSSR count). The molecule has 0 unspecified atom stereocenters. The quantitative estimate of drug-likeness (QED) is 0.371. The van der Waals surface area contributed by atoms with E-state index in [4.69, 9.17) is 4.42 Å². The maximum Gasteiger partial charge on any atom is 0.241 e. The number of carbonyl (C=O) groups is 1. The van der Waals surface area contributed by atoms with Gasteiger partial charge in [0, 0.05) is 27.1 Å². The Bertz CT molecular complexity index is 699. The van der Waals surface area contributed by atoms with Crippen molar-refractivity contribution in [3.8, 4) is 0 Å². The lowest BCUT2D eigenvalue weighted by Gasteiger charge is -2.15. The van der Waals surface area contributed by atoms with Crippen LogP contribution >= 0.6 is 24.0 Å². The standard InChI is InChI=1S/C19H26N4O2.HI/c1-15-6-4-7-16(12-15)13-21-19(22-14-18(24)23(2)3)20-10-9-17-8-5-11-25-17;/h4-8,11-12H,9-10,13-14H2,1-3H3,(H2,20,21,22);1H. The van der Waals surface area contributed by atoms with Gasteiger partial charge in [-0.2, -0.15) is 0 Å². The molecule has 0 fully saturated rings. The summed E-state index contributed by atoms with van der Waals surface area (Å²) in [6.07, 6.45) is 2.41. The fourth-order valence-corrected chi connectivity index (χ4v) is 2.23. The van der Waals surface area contributed by atoms with Crippen LogP contribution in [0.1, 0.15) is 16.9 Å². The molecule has 142 valence electrons. The van der Waals surface area contributed by atoms with E-state index in [1.165, 1.54) is 5.56 Å². The minimum atomic E-state index is -0.00362. The first kappa shape index (κ1) is 22.0. The largest absolute Gasteiger partial charge is 0.469 e. The lowest BCUT2D eigenvalue weighted by atomic mass is 10.1. The molecule has 0 aliphatic rings. The van der Waals surface area contributed by atoms with Crippen LogP contribution in [0.5, 0.6) is 0 Å². The van der Waals surface area contributed by atoms with E-state index in [0.29, 0.717) is 19.0 Å². The molecule has 2 aromatic rings. The van der Waals surface area contributed by atoms with Crippen molar-refractivity contribution >= 4 is 35.8 Å². The minimum absolute atomic E-state index is 0. The number of nitrogens with one attached hydrogen (secondary N) is 2. The summed E-state index contributed by atoms with van der Waals surface area (Å²) in [5, 5.41) is 6.33. The second kappa shape index (κ2) is 11.6. The van der Waals surface area contributed by atoms with E-state index in [1.54, 1.807) is 25.3 Å². The number of nitrogens with zero attached hydrogens (tertiary/aromatic N) is 2. The normalized spacial score (nSPS) is 10.8. The summed E-state index contributed by atoms with van der Waals surface area (Å²) in [6.45, 7) is 3.48. The number of halogens is 1. The average Bonchev–Trinajstić information content (AvgIpc) is 3.09. The summed E-state index contributed by atoms with van der Waals surface area (Å²) in [6, 6.07) is 12.0. The van der Waals surface area contributed by atoms with Crippen LogP contribution in [-0.4, -0.2) is 44.0 Å². The van der Waals surface area contributed by atoms with E-state index in [0.717, 1.165) is 17.7 Å². The van der Waals surface area contributed by atoms with E-state index in [1.807, 2.05) is 24.3 Å². The number of amides is 1. The van der Waals surface area contributed by atoms with Crippen molar-refractivity contribution in [1.29, 1.82) is 0 Å². The van der Waals surface area contributed by atoms with Crippen LogP contribution in [0, 0.1) is 6.92 Å². The van der Waals surface area contributed by atoms with Gasteiger partial charge in [-0.3, -0.25) is 4.79 Å². The number of hydrogen-bond acceptors (Lipinski definition) is 3. The van der Waals surface area contributed by atoms with Gasteiger partial charge in [-0.15, -0.1) is 24.0 Å². The van der Waals surface area contributed by atoms with Gasteiger partial charge in [-0.05, 0) is 24.6 Å². The Hall–Kier alpha value is -2.03. The Morgan fingerprint density at radius 1 is 1.19 bits per heavy atom. The van der Waals surface area contributed by atoms with Gasteiger partial charge in [0.25, 0.3) is 0 Å². The van der Waals surface area contributed by atoms with Crippen molar-refractivity contribution in [2.24, 2.45) is 4.99 Å². The fraction of sp³-hybridized carbons (Fsp3) is 0.368. The molecule has 0 saturated heterocycles. The van der Waals surface area contributed by atoms with Crippen molar-refractivity contribution in [3.05, 3.63) is 59.5 Å². The van der Waals surface area contributed by atoms with Crippen LogP contribution in [0.3, 0.4) is 0 Å². The second-order valence-electron chi connectivity index (χ2n) is 6.05. The van der Waals surface area contributed by atoms with Gasteiger partial charge in [-0.25, -0.2) is 4.99 Å². The number of likely N-dealkylation sites (N-methyl/N-ethyl adjacent to an activating group) is 1. The molecule has 0 atom stereocenters. The molecule has 0 bridgehead atoms. The Labute approximate surface area is 172 Å². The number of furan rings is 1. The molecule has 0 spiro atoms. The third-order valence-electron chi connectivity index (χ3n) is 3.65. The first-order valence-corrected chi connectivity index (χ1v) is 8.35. The van der Waals surface area contributed by atoms with Gasteiger partial charge < -0.3 is 20.0 Å². The topological polar surface area (TPSA) is 69.9 Å². The number of guanidine groups is 1. The van der Waals surface area contributed by atoms with Crippen molar-refractivity contribution in [2.75, 3.05) is 27.2 Å². The van der Waals surface area contributed by atoms with E-state index in [9.17, 15) is 4.79 Å². The highest BCUT2D eigenvalue weighted by molar-refractivity contribution is 14.0. The monoisotopic (exact) mass is 470 g/mol. The number of aryl methyl sites for hydroxylation is 1. The molecule has 1 aromatic carbocycles. The van der Waals surface area contributed by atoms with Gasteiger partial charge in [-0.1, -0.05) is 29.8 Å². The summed E-state index contributed by atoms with van der Waals surface area (Å²) >= 11 is 0. The molecule has 1 amide bonds.